The van der Waals surface area contributed by atoms with E-state index in [0.29, 0.717) is 17.7 Å². The van der Waals surface area contributed by atoms with Gasteiger partial charge in [0.1, 0.15) is 5.82 Å². The summed E-state index contributed by atoms with van der Waals surface area (Å²) in [6.45, 7) is 2.39. The lowest BCUT2D eigenvalue weighted by Crippen LogP contribution is -2.24. The van der Waals surface area contributed by atoms with Gasteiger partial charge >= 0.3 is 0 Å². The molecule has 22 heavy (non-hydrogen) atoms. The van der Waals surface area contributed by atoms with Crippen molar-refractivity contribution in [2.75, 3.05) is 6.54 Å². The first-order valence-corrected chi connectivity index (χ1v) is 6.85. The molecule has 1 N–H and O–H groups in total. The number of amides is 1. The third-order valence-electron chi connectivity index (χ3n) is 3.15. The molecule has 0 bridgehead atoms. The standard InChI is InChI=1S/C16H15FN2O3/c1-2-9-18-16(20)15-10-13(19(21)22)7-8-14(15)11-3-5-12(17)6-4-11/h3-8,10H,2,9H2,1H3,(H,18,20). The van der Waals surface area contributed by atoms with Gasteiger partial charge in [-0.1, -0.05) is 19.1 Å². The van der Waals surface area contributed by atoms with Gasteiger partial charge < -0.3 is 5.32 Å². The Bertz CT molecular complexity index is 699. The van der Waals surface area contributed by atoms with Gasteiger partial charge in [-0.25, -0.2) is 4.39 Å². The molecule has 0 fully saturated rings. The maximum absolute atomic E-state index is 13.0. The Morgan fingerprint density at radius 1 is 1.23 bits per heavy atom. The molecule has 0 atom stereocenters. The van der Waals surface area contributed by atoms with Gasteiger partial charge in [0.2, 0.25) is 0 Å². The molecule has 0 aliphatic rings. The molecule has 0 heterocycles. The van der Waals surface area contributed by atoms with E-state index in [1.165, 1.54) is 42.5 Å². The van der Waals surface area contributed by atoms with Gasteiger partial charge in [0.05, 0.1) is 10.5 Å². The molecule has 114 valence electrons. The van der Waals surface area contributed by atoms with Crippen LogP contribution < -0.4 is 5.32 Å². The molecule has 0 saturated carbocycles. The second kappa shape index (κ2) is 6.80. The Balaban J connectivity index is 2.50. The van der Waals surface area contributed by atoms with Crippen molar-refractivity contribution in [3.05, 3.63) is 64.0 Å². The number of halogens is 1. The predicted molar refractivity (Wildman–Crippen MR) is 81.1 cm³/mol. The maximum Gasteiger partial charge on any atom is 0.270 e. The molecule has 0 unspecified atom stereocenters. The summed E-state index contributed by atoms with van der Waals surface area (Å²) in [7, 11) is 0. The van der Waals surface area contributed by atoms with Crippen LogP contribution in [-0.2, 0) is 0 Å². The van der Waals surface area contributed by atoms with Gasteiger partial charge in [-0.2, -0.15) is 0 Å². The molecule has 2 aromatic carbocycles. The Hall–Kier alpha value is -2.76. The Labute approximate surface area is 126 Å². The number of hydrogen-bond acceptors (Lipinski definition) is 3. The van der Waals surface area contributed by atoms with Crippen molar-refractivity contribution in [3.8, 4) is 11.1 Å². The first-order valence-electron chi connectivity index (χ1n) is 6.85. The quantitative estimate of drug-likeness (QED) is 0.678. The number of benzene rings is 2. The molecule has 0 aliphatic heterocycles. The van der Waals surface area contributed by atoms with Crippen LogP contribution in [0.25, 0.3) is 11.1 Å². The minimum atomic E-state index is -0.551. The Kier molecular flexibility index (Phi) is 4.83. The minimum Gasteiger partial charge on any atom is -0.352 e. The van der Waals surface area contributed by atoms with E-state index in [2.05, 4.69) is 5.32 Å². The molecule has 0 aliphatic carbocycles. The van der Waals surface area contributed by atoms with Crippen LogP contribution in [0.2, 0.25) is 0 Å². The van der Waals surface area contributed by atoms with Crippen LogP contribution in [0.5, 0.6) is 0 Å². The number of rotatable bonds is 5. The lowest BCUT2D eigenvalue weighted by atomic mass is 9.98. The summed E-state index contributed by atoms with van der Waals surface area (Å²) in [5.74, 6) is -0.771. The monoisotopic (exact) mass is 302 g/mol. The average Bonchev–Trinajstić information content (AvgIpc) is 2.52. The summed E-state index contributed by atoms with van der Waals surface area (Å²) in [6.07, 6.45) is 0.756. The van der Waals surface area contributed by atoms with Crippen molar-refractivity contribution in [1.82, 2.24) is 5.32 Å². The lowest BCUT2D eigenvalue weighted by molar-refractivity contribution is -0.384. The van der Waals surface area contributed by atoms with Crippen molar-refractivity contribution >= 4 is 11.6 Å². The SMILES string of the molecule is CCCNC(=O)c1cc([N+](=O)[O-])ccc1-c1ccc(F)cc1. The second-order valence-electron chi connectivity index (χ2n) is 4.75. The summed E-state index contributed by atoms with van der Waals surface area (Å²) in [4.78, 5) is 22.6. The van der Waals surface area contributed by atoms with Gasteiger partial charge in [-0.3, -0.25) is 14.9 Å². The normalized spacial score (nSPS) is 10.3. The summed E-state index contributed by atoms with van der Waals surface area (Å²) in [6, 6.07) is 9.71. The highest BCUT2D eigenvalue weighted by molar-refractivity contribution is 6.01. The molecule has 0 radical (unpaired) electrons. The van der Waals surface area contributed by atoms with Crippen LogP contribution in [0.1, 0.15) is 23.7 Å². The second-order valence-corrected chi connectivity index (χ2v) is 4.75. The summed E-state index contributed by atoms with van der Waals surface area (Å²) in [5.41, 5.74) is 1.19. The molecule has 5 nitrogen and oxygen atoms in total. The number of carbonyl (C=O) groups is 1. The van der Waals surface area contributed by atoms with Gasteiger partial charge in [-0.15, -0.1) is 0 Å². The van der Waals surface area contributed by atoms with E-state index in [4.69, 9.17) is 0 Å². The Morgan fingerprint density at radius 3 is 2.50 bits per heavy atom. The number of nitro groups is 1. The number of nitrogens with one attached hydrogen (secondary N) is 1. The highest BCUT2D eigenvalue weighted by atomic mass is 19.1. The van der Waals surface area contributed by atoms with Gasteiger partial charge in [0.25, 0.3) is 11.6 Å². The minimum absolute atomic E-state index is 0.160. The molecule has 0 spiro atoms. The van der Waals surface area contributed by atoms with Crippen LogP contribution in [0.3, 0.4) is 0 Å². The van der Waals surface area contributed by atoms with Crippen molar-refractivity contribution in [2.24, 2.45) is 0 Å². The van der Waals surface area contributed by atoms with Crippen LogP contribution in [0, 0.1) is 15.9 Å². The molecule has 0 saturated heterocycles. The smallest absolute Gasteiger partial charge is 0.270 e. The third kappa shape index (κ3) is 3.46. The highest BCUT2D eigenvalue weighted by Gasteiger charge is 2.17. The van der Waals surface area contributed by atoms with Crippen molar-refractivity contribution in [2.45, 2.75) is 13.3 Å². The number of non-ortho nitro benzene ring substituents is 1. The molecule has 6 heteroatoms. The zero-order valence-corrected chi connectivity index (χ0v) is 12.0. The fourth-order valence-corrected chi connectivity index (χ4v) is 2.05. The van der Waals surface area contributed by atoms with Gasteiger partial charge in [0, 0.05) is 18.7 Å². The van der Waals surface area contributed by atoms with Gasteiger partial charge in [-0.05, 0) is 35.7 Å². The predicted octanol–water partition coefficient (Wildman–Crippen LogP) is 3.54. The van der Waals surface area contributed by atoms with Crippen LogP contribution in [0.4, 0.5) is 10.1 Å². The highest BCUT2D eigenvalue weighted by Crippen LogP contribution is 2.27. The summed E-state index contributed by atoms with van der Waals surface area (Å²) in [5, 5.41) is 13.6. The molecule has 1 amide bonds. The Morgan fingerprint density at radius 2 is 1.91 bits per heavy atom. The maximum atomic E-state index is 13.0. The van der Waals surface area contributed by atoms with E-state index in [1.54, 1.807) is 0 Å². The van der Waals surface area contributed by atoms with Gasteiger partial charge in [0.15, 0.2) is 0 Å². The van der Waals surface area contributed by atoms with E-state index in [9.17, 15) is 19.3 Å². The van der Waals surface area contributed by atoms with Crippen LogP contribution in [-0.4, -0.2) is 17.4 Å². The van der Waals surface area contributed by atoms with Crippen LogP contribution >= 0.6 is 0 Å². The topological polar surface area (TPSA) is 72.2 Å². The summed E-state index contributed by atoms with van der Waals surface area (Å²) >= 11 is 0. The first-order chi connectivity index (χ1) is 10.5. The third-order valence-corrected chi connectivity index (χ3v) is 3.15. The zero-order chi connectivity index (χ0) is 16.1. The number of nitro benzene ring substituents is 1. The fourth-order valence-electron chi connectivity index (χ4n) is 2.05. The van der Waals surface area contributed by atoms with E-state index < -0.39 is 4.92 Å². The van der Waals surface area contributed by atoms with Crippen molar-refractivity contribution in [1.29, 1.82) is 0 Å². The average molecular weight is 302 g/mol. The lowest BCUT2D eigenvalue weighted by Gasteiger charge is -2.10. The molecule has 2 aromatic rings. The largest absolute Gasteiger partial charge is 0.352 e. The molecule has 2 rings (SSSR count). The first kappa shape index (κ1) is 15.6. The fraction of sp³-hybridized carbons (Fsp3) is 0.188. The van der Waals surface area contributed by atoms with Crippen LogP contribution in [0.15, 0.2) is 42.5 Å². The number of hydrogen-bond donors (Lipinski definition) is 1. The molecular formula is C16H15FN2O3. The van der Waals surface area contributed by atoms with E-state index in [-0.39, 0.29) is 23.0 Å². The van der Waals surface area contributed by atoms with E-state index in [1.807, 2.05) is 6.92 Å². The summed E-state index contributed by atoms with van der Waals surface area (Å²) < 4.78 is 13.0. The van der Waals surface area contributed by atoms with Crippen molar-refractivity contribution in [3.63, 3.8) is 0 Å². The van der Waals surface area contributed by atoms with E-state index >= 15 is 0 Å². The van der Waals surface area contributed by atoms with E-state index in [0.717, 1.165) is 6.42 Å². The number of carbonyl (C=O) groups excluding carboxylic acids is 1. The molecular weight excluding hydrogens is 287 g/mol. The van der Waals surface area contributed by atoms with Crippen molar-refractivity contribution < 1.29 is 14.1 Å². The zero-order valence-electron chi connectivity index (χ0n) is 12.0. The molecule has 0 aromatic heterocycles. The number of nitrogens with zero attached hydrogens (tertiary/aromatic N) is 1.